The molecule has 1 atom stereocenters. The van der Waals surface area contributed by atoms with Gasteiger partial charge in [0, 0.05) is 35.5 Å². The fourth-order valence-electron chi connectivity index (χ4n) is 3.81. The van der Waals surface area contributed by atoms with Crippen LogP contribution in [0.4, 0.5) is 5.82 Å². The van der Waals surface area contributed by atoms with Crippen LogP contribution >= 0.6 is 22.7 Å². The summed E-state index contributed by atoms with van der Waals surface area (Å²) >= 11 is 3.48. The van der Waals surface area contributed by atoms with Crippen molar-refractivity contribution in [2.45, 2.75) is 6.04 Å². The van der Waals surface area contributed by atoms with Crippen molar-refractivity contribution >= 4 is 38.7 Å². The zero-order chi connectivity index (χ0) is 19.5. The van der Waals surface area contributed by atoms with Gasteiger partial charge in [-0.3, -0.25) is 4.90 Å². The summed E-state index contributed by atoms with van der Waals surface area (Å²) in [6.45, 7) is 4.30. The summed E-state index contributed by atoms with van der Waals surface area (Å²) in [5, 5.41) is 9.09. The number of aromatic nitrogens is 2. The van der Waals surface area contributed by atoms with Crippen molar-refractivity contribution in [3.8, 4) is 11.1 Å². The lowest BCUT2D eigenvalue weighted by Gasteiger charge is -2.34. The number of hydrogen-bond acceptors (Lipinski definition) is 7. The molecule has 1 aromatic carbocycles. The summed E-state index contributed by atoms with van der Waals surface area (Å²) < 4.78 is 5.56. The maximum absolute atomic E-state index is 5.56. The lowest BCUT2D eigenvalue weighted by atomic mass is 10.1. The van der Waals surface area contributed by atoms with Gasteiger partial charge in [-0.2, -0.15) is 0 Å². The smallest absolute Gasteiger partial charge is 0.138 e. The second-order valence-corrected chi connectivity index (χ2v) is 8.82. The van der Waals surface area contributed by atoms with E-state index in [4.69, 9.17) is 4.74 Å². The van der Waals surface area contributed by atoms with Crippen LogP contribution in [0, 0.1) is 0 Å². The Balaban J connectivity index is 1.45. The molecule has 0 saturated carbocycles. The standard InChI is InChI=1S/C22H22N4OS2/c1-2-5-16(6-3-1)17-14-29-22-20(17)21(24-15-25-22)23-13-18(19-7-4-12-28-19)26-8-10-27-11-9-26/h1-7,12,14-15,18H,8-11,13H2,(H,23,24,25)/t18-/m1/s1. The van der Waals surface area contributed by atoms with Crippen LogP contribution in [0.1, 0.15) is 10.9 Å². The third-order valence-electron chi connectivity index (χ3n) is 5.28. The van der Waals surface area contributed by atoms with Crippen molar-refractivity contribution in [3.05, 3.63) is 64.4 Å². The van der Waals surface area contributed by atoms with E-state index in [0.717, 1.165) is 48.9 Å². The number of hydrogen-bond donors (Lipinski definition) is 1. The van der Waals surface area contributed by atoms with Gasteiger partial charge >= 0.3 is 0 Å². The van der Waals surface area contributed by atoms with E-state index >= 15 is 0 Å². The minimum atomic E-state index is 0.308. The molecule has 0 spiro atoms. The lowest BCUT2D eigenvalue weighted by Crippen LogP contribution is -2.41. The molecule has 3 aromatic heterocycles. The van der Waals surface area contributed by atoms with Gasteiger partial charge in [-0.1, -0.05) is 36.4 Å². The molecule has 1 aliphatic heterocycles. The van der Waals surface area contributed by atoms with Crippen molar-refractivity contribution < 1.29 is 4.74 Å². The van der Waals surface area contributed by atoms with Crippen LogP contribution < -0.4 is 5.32 Å². The zero-order valence-corrected chi connectivity index (χ0v) is 17.6. The molecular formula is C22H22N4OS2. The maximum Gasteiger partial charge on any atom is 0.138 e. The molecule has 1 aliphatic rings. The number of ether oxygens (including phenoxy) is 1. The largest absolute Gasteiger partial charge is 0.379 e. The summed E-state index contributed by atoms with van der Waals surface area (Å²) in [5.74, 6) is 0.907. The number of fused-ring (bicyclic) bond motifs is 1. The molecule has 0 radical (unpaired) electrons. The first kappa shape index (κ1) is 18.7. The molecule has 5 nitrogen and oxygen atoms in total. The van der Waals surface area contributed by atoms with Crippen molar-refractivity contribution in [3.63, 3.8) is 0 Å². The Morgan fingerprint density at radius 3 is 2.69 bits per heavy atom. The summed E-state index contributed by atoms with van der Waals surface area (Å²) in [7, 11) is 0. The molecule has 1 saturated heterocycles. The average Bonchev–Trinajstić information content (AvgIpc) is 3.46. The minimum Gasteiger partial charge on any atom is -0.379 e. The predicted octanol–water partition coefficient (Wildman–Crippen LogP) is 4.91. The minimum absolute atomic E-state index is 0.308. The van der Waals surface area contributed by atoms with E-state index in [9.17, 15) is 0 Å². The Morgan fingerprint density at radius 2 is 1.90 bits per heavy atom. The van der Waals surface area contributed by atoms with Gasteiger partial charge in [-0.05, 0) is 17.0 Å². The molecule has 5 rings (SSSR count). The van der Waals surface area contributed by atoms with Gasteiger partial charge in [0.05, 0.1) is 24.6 Å². The number of benzene rings is 1. The summed E-state index contributed by atoms with van der Waals surface area (Å²) in [6, 6.07) is 15.1. The van der Waals surface area contributed by atoms with Gasteiger partial charge in [0.1, 0.15) is 17.0 Å². The number of anilines is 1. The molecule has 7 heteroatoms. The summed E-state index contributed by atoms with van der Waals surface area (Å²) in [5.41, 5.74) is 2.38. The van der Waals surface area contributed by atoms with Crippen LogP contribution in [0.15, 0.2) is 59.6 Å². The number of nitrogens with one attached hydrogen (secondary N) is 1. The van der Waals surface area contributed by atoms with Crippen LogP contribution in [-0.2, 0) is 4.74 Å². The van der Waals surface area contributed by atoms with Crippen LogP contribution in [-0.4, -0.2) is 47.7 Å². The van der Waals surface area contributed by atoms with Crippen LogP contribution in [0.5, 0.6) is 0 Å². The quantitative estimate of drug-likeness (QED) is 0.479. The highest BCUT2D eigenvalue weighted by molar-refractivity contribution is 7.17. The average molecular weight is 423 g/mol. The number of nitrogens with zero attached hydrogens (tertiary/aromatic N) is 3. The van der Waals surface area contributed by atoms with Gasteiger partial charge in [0.25, 0.3) is 0 Å². The van der Waals surface area contributed by atoms with Gasteiger partial charge < -0.3 is 10.1 Å². The van der Waals surface area contributed by atoms with E-state index in [0.29, 0.717) is 6.04 Å². The molecule has 148 valence electrons. The highest BCUT2D eigenvalue weighted by Crippen LogP contribution is 2.37. The van der Waals surface area contributed by atoms with Gasteiger partial charge in [-0.25, -0.2) is 9.97 Å². The Kier molecular flexibility index (Phi) is 5.53. The fourth-order valence-corrected chi connectivity index (χ4v) is 5.59. The van der Waals surface area contributed by atoms with Gasteiger partial charge in [-0.15, -0.1) is 22.7 Å². The SMILES string of the molecule is c1ccc(-c2csc3ncnc(NC[C@H](c4cccs4)N4CCOCC4)c23)cc1. The fraction of sp³-hybridized carbons (Fsp3) is 0.273. The maximum atomic E-state index is 5.56. The monoisotopic (exact) mass is 422 g/mol. The van der Waals surface area contributed by atoms with E-state index < -0.39 is 0 Å². The first-order chi connectivity index (χ1) is 14.4. The third-order valence-corrected chi connectivity index (χ3v) is 7.14. The van der Waals surface area contributed by atoms with Crippen molar-refractivity contribution in [2.75, 3.05) is 38.2 Å². The van der Waals surface area contributed by atoms with E-state index in [1.54, 1.807) is 17.7 Å². The summed E-state index contributed by atoms with van der Waals surface area (Å²) in [6.07, 6.45) is 1.66. The van der Waals surface area contributed by atoms with Crippen molar-refractivity contribution in [2.24, 2.45) is 0 Å². The number of thiophene rings is 2. The molecule has 0 bridgehead atoms. The van der Waals surface area contributed by atoms with E-state index in [1.165, 1.54) is 16.0 Å². The Labute approximate surface area is 178 Å². The molecule has 1 fully saturated rings. The predicted molar refractivity (Wildman–Crippen MR) is 121 cm³/mol. The summed E-state index contributed by atoms with van der Waals surface area (Å²) in [4.78, 5) is 14.0. The van der Waals surface area contributed by atoms with E-state index in [-0.39, 0.29) is 0 Å². The van der Waals surface area contributed by atoms with Crippen molar-refractivity contribution in [1.29, 1.82) is 0 Å². The topological polar surface area (TPSA) is 50.3 Å². The second-order valence-electron chi connectivity index (χ2n) is 6.98. The molecule has 4 aromatic rings. The Bertz CT molecular complexity index is 1060. The van der Waals surface area contributed by atoms with Crippen molar-refractivity contribution in [1.82, 2.24) is 14.9 Å². The molecule has 0 aliphatic carbocycles. The number of morpholine rings is 1. The normalized spacial score (nSPS) is 16.1. The van der Waals surface area contributed by atoms with E-state index in [1.807, 2.05) is 17.4 Å². The molecule has 0 amide bonds. The molecule has 29 heavy (non-hydrogen) atoms. The molecule has 0 unspecified atom stereocenters. The lowest BCUT2D eigenvalue weighted by molar-refractivity contribution is 0.0194. The van der Waals surface area contributed by atoms with E-state index in [2.05, 4.69) is 67.3 Å². The molecule has 1 N–H and O–H groups in total. The highest BCUT2D eigenvalue weighted by Gasteiger charge is 2.24. The second kappa shape index (κ2) is 8.59. The molecule has 4 heterocycles. The van der Waals surface area contributed by atoms with Crippen LogP contribution in [0.3, 0.4) is 0 Å². The highest BCUT2D eigenvalue weighted by atomic mass is 32.1. The van der Waals surface area contributed by atoms with Gasteiger partial charge in [0.2, 0.25) is 0 Å². The van der Waals surface area contributed by atoms with Gasteiger partial charge in [0.15, 0.2) is 0 Å². The van der Waals surface area contributed by atoms with Crippen LogP contribution in [0.2, 0.25) is 0 Å². The Hall–Kier alpha value is -2.32. The zero-order valence-electron chi connectivity index (χ0n) is 16.0. The molecular weight excluding hydrogens is 400 g/mol. The van der Waals surface area contributed by atoms with Crippen LogP contribution in [0.25, 0.3) is 21.3 Å². The Morgan fingerprint density at radius 1 is 1.03 bits per heavy atom. The first-order valence-corrected chi connectivity index (χ1v) is 11.5. The number of rotatable bonds is 6. The third kappa shape index (κ3) is 3.91. The first-order valence-electron chi connectivity index (χ1n) is 9.77.